The van der Waals surface area contributed by atoms with Gasteiger partial charge in [0.05, 0.1) is 11.4 Å². The molecule has 0 aliphatic carbocycles. The lowest BCUT2D eigenvalue weighted by Crippen LogP contribution is -2.38. The SMILES string of the molecule is CC(C)(C)CC(Br)C(=O)N1CCOC1=O. The highest BCUT2D eigenvalue weighted by atomic mass is 79.9. The van der Waals surface area contributed by atoms with Gasteiger partial charge in [0.2, 0.25) is 5.91 Å². The summed E-state index contributed by atoms with van der Waals surface area (Å²) in [6.45, 7) is 6.83. The van der Waals surface area contributed by atoms with Crippen LogP contribution in [-0.2, 0) is 9.53 Å². The number of cyclic esters (lactones) is 1. The summed E-state index contributed by atoms with van der Waals surface area (Å²) in [5.41, 5.74) is 0.0491. The van der Waals surface area contributed by atoms with Crippen LogP contribution in [0.1, 0.15) is 27.2 Å². The third kappa shape index (κ3) is 3.48. The van der Waals surface area contributed by atoms with Crippen molar-refractivity contribution in [1.29, 1.82) is 0 Å². The Morgan fingerprint density at radius 1 is 1.60 bits per heavy atom. The minimum atomic E-state index is -0.529. The predicted octanol–water partition coefficient (Wildman–Crippen LogP) is 2.16. The first-order valence-electron chi connectivity index (χ1n) is 4.93. The second-order valence-electron chi connectivity index (χ2n) is 4.84. The Bertz CT molecular complexity index is 272. The van der Waals surface area contributed by atoms with Crippen LogP contribution in [-0.4, -0.2) is 34.9 Å². The lowest BCUT2D eigenvalue weighted by atomic mass is 9.90. The predicted molar refractivity (Wildman–Crippen MR) is 59.8 cm³/mol. The van der Waals surface area contributed by atoms with Crippen molar-refractivity contribution in [3.63, 3.8) is 0 Å². The van der Waals surface area contributed by atoms with Crippen LogP contribution in [0.15, 0.2) is 0 Å². The lowest BCUT2D eigenvalue weighted by molar-refractivity contribution is -0.127. The molecule has 0 bridgehead atoms. The monoisotopic (exact) mass is 277 g/mol. The molecule has 0 aromatic heterocycles. The van der Waals surface area contributed by atoms with E-state index < -0.39 is 6.09 Å². The summed E-state index contributed by atoms with van der Waals surface area (Å²) in [5.74, 6) is -0.201. The smallest absolute Gasteiger partial charge is 0.416 e. The van der Waals surface area contributed by atoms with Crippen molar-refractivity contribution >= 4 is 27.9 Å². The summed E-state index contributed by atoms with van der Waals surface area (Å²) in [5, 5.41) is 0. The molecule has 5 heteroatoms. The van der Waals surface area contributed by atoms with Gasteiger partial charge in [-0.3, -0.25) is 4.79 Å². The maximum Gasteiger partial charge on any atom is 0.416 e. The first kappa shape index (κ1) is 12.5. The molecule has 1 rings (SSSR count). The van der Waals surface area contributed by atoms with E-state index in [1.165, 1.54) is 0 Å². The number of nitrogens with zero attached hydrogens (tertiary/aromatic N) is 1. The summed E-state index contributed by atoms with van der Waals surface area (Å²) < 4.78 is 4.71. The van der Waals surface area contributed by atoms with Gasteiger partial charge in [0.15, 0.2) is 0 Å². The van der Waals surface area contributed by atoms with Gasteiger partial charge in [-0.2, -0.15) is 0 Å². The van der Waals surface area contributed by atoms with E-state index in [0.29, 0.717) is 19.6 Å². The van der Waals surface area contributed by atoms with E-state index in [4.69, 9.17) is 4.74 Å². The highest BCUT2D eigenvalue weighted by molar-refractivity contribution is 9.10. The molecule has 1 atom stereocenters. The second kappa shape index (κ2) is 4.51. The van der Waals surface area contributed by atoms with Crippen LogP contribution < -0.4 is 0 Å². The summed E-state index contributed by atoms with van der Waals surface area (Å²) >= 11 is 3.32. The zero-order chi connectivity index (χ0) is 11.6. The summed E-state index contributed by atoms with van der Waals surface area (Å²) in [6.07, 6.45) is 0.161. The van der Waals surface area contributed by atoms with E-state index in [0.717, 1.165) is 4.90 Å². The number of hydrogen-bond acceptors (Lipinski definition) is 3. The molecule has 1 unspecified atom stereocenters. The molecule has 1 fully saturated rings. The third-order valence-corrected chi connectivity index (χ3v) is 2.80. The molecule has 1 aliphatic heterocycles. The van der Waals surface area contributed by atoms with E-state index in [2.05, 4.69) is 36.7 Å². The van der Waals surface area contributed by atoms with Crippen LogP contribution in [0.4, 0.5) is 4.79 Å². The third-order valence-electron chi connectivity index (χ3n) is 2.09. The average Bonchev–Trinajstić information content (AvgIpc) is 2.47. The van der Waals surface area contributed by atoms with Gasteiger partial charge in [0, 0.05) is 0 Å². The molecule has 0 spiro atoms. The van der Waals surface area contributed by atoms with Crippen LogP contribution in [0.3, 0.4) is 0 Å². The molecule has 0 radical (unpaired) electrons. The summed E-state index contributed by atoms with van der Waals surface area (Å²) in [7, 11) is 0. The van der Waals surface area contributed by atoms with Gasteiger partial charge in [-0.25, -0.2) is 9.69 Å². The largest absolute Gasteiger partial charge is 0.447 e. The quantitative estimate of drug-likeness (QED) is 0.727. The van der Waals surface area contributed by atoms with E-state index >= 15 is 0 Å². The minimum Gasteiger partial charge on any atom is -0.447 e. The van der Waals surface area contributed by atoms with Crippen LogP contribution in [0.25, 0.3) is 0 Å². The molecular weight excluding hydrogens is 262 g/mol. The number of ether oxygens (including phenoxy) is 1. The summed E-state index contributed by atoms with van der Waals surface area (Å²) in [4.78, 5) is 23.8. The van der Waals surface area contributed by atoms with E-state index in [-0.39, 0.29) is 16.1 Å². The van der Waals surface area contributed by atoms with Gasteiger partial charge in [-0.05, 0) is 11.8 Å². The lowest BCUT2D eigenvalue weighted by Gasteiger charge is -2.23. The molecule has 1 aliphatic rings. The molecule has 86 valence electrons. The van der Waals surface area contributed by atoms with Crippen molar-refractivity contribution < 1.29 is 14.3 Å². The standard InChI is InChI=1S/C10H16BrNO3/c1-10(2,3)6-7(11)8(13)12-4-5-15-9(12)14/h7H,4-6H2,1-3H3. The van der Waals surface area contributed by atoms with Crippen molar-refractivity contribution in [2.24, 2.45) is 5.41 Å². The van der Waals surface area contributed by atoms with Crippen molar-refractivity contribution in [1.82, 2.24) is 4.90 Å². The molecule has 1 heterocycles. The average molecular weight is 278 g/mol. The molecule has 0 saturated carbocycles. The fraction of sp³-hybridized carbons (Fsp3) is 0.800. The Morgan fingerprint density at radius 3 is 2.60 bits per heavy atom. The number of halogens is 1. The molecule has 15 heavy (non-hydrogen) atoms. The van der Waals surface area contributed by atoms with Crippen molar-refractivity contribution in [2.45, 2.75) is 32.0 Å². The molecule has 0 aromatic rings. The van der Waals surface area contributed by atoms with Gasteiger partial charge in [-0.15, -0.1) is 0 Å². The Kier molecular flexibility index (Phi) is 3.76. The Hall–Kier alpha value is -0.580. The zero-order valence-electron chi connectivity index (χ0n) is 9.25. The number of rotatable bonds is 2. The maximum atomic E-state index is 11.8. The highest BCUT2D eigenvalue weighted by Crippen LogP contribution is 2.26. The molecule has 4 nitrogen and oxygen atoms in total. The van der Waals surface area contributed by atoms with Gasteiger partial charge in [-0.1, -0.05) is 36.7 Å². The first-order valence-corrected chi connectivity index (χ1v) is 5.85. The Labute approximate surface area is 98.1 Å². The van der Waals surface area contributed by atoms with Crippen LogP contribution in [0.5, 0.6) is 0 Å². The van der Waals surface area contributed by atoms with Crippen molar-refractivity contribution in [2.75, 3.05) is 13.2 Å². The number of amides is 2. The van der Waals surface area contributed by atoms with Gasteiger partial charge in [0.25, 0.3) is 0 Å². The number of carbonyl (C=O) groups excluding carboxylic acids is 2. The first-order chi connectivity index (χ1) is 6.81. The number of carbonyl (C=O) groups is 2. The zero-order valence-corrected chi connectivity index (χ0v) is 10.8. The normalized spacial score (nSPS) is 18.9. The van der Waals surface area contributed by atoms with E-state index in [9.17, 15) is 9.59 Å². The number of hydrogen-bond donors (Lipinski definition) is 0. The Morgan fingerprint density at radius 2 is 2.20 bits per heavy atom. The molecule has 0 N–H and O–H groups in total. The van der Waals surface area contributed by atoms with Crippen LogP contribution in [0.2, 0.25) is 0 Å². The van der Waals surface area contributed by atoms with Crippen LogP contribution in [0, 0.1) is 5.41 Å². The van der Waals surface area contributed by atoms with Crippen LogP contribution >= 0.6 is 15.9 Å². The maximum absolute atomic E-state index is 11.8. The highest BCUT2D eigenvalue weighted by Gasteiger charge is 2.33. The molecule has 2 amide bonds. The molecule has 0 aromatic carbocycles. The fourth-order valence-electron chi connectivity index (χ4n) is 1.39. The van der Waals surface area contributed by atoms with Crippen molar-refractivity contribution in [3.8, 4) is 0 Å². The second-order valence-corrected chi connectivity index (χ2v) is 5.94. The molecular formula is C10H16BrNO3. The minimum absolute atomic E-state index is 0.0491. The van der Waals surface area contributed by atoms with Gasteiger partial charge < -0.3 is 4.74 Å². The fourth-order valence-corrected chi connectivity index (χ4v) is 2.61. The Balaban J connectivity index is 2.56. The number of alkyl halides is 1. The topological polar surface area (TPSA) is 46.6 Å². The summed E-state index contributed by atoms with van der Waals surface area (Å²) in [6, 6.07) is 0. The van der Waals surface area contributed by atoms with Gasteiger partial charge in [0.1, 0.15) is 6.61 Å². The van der Waals surface area contributed by atoms with Crippen molar-refractivity contribution in [3.05, 3.63) is 0 Å². The van der Waals surface area contributed by atoms with E-state index in [1.807, 2.05) is 0 Å². The van der Waals surface area contributed by atoms with E-state index in [1.54, 1.807) is 0 Å². The van der Waals surface area contributed by atoms with Gasteiger partial charge >= 0.3 is 6.09 Å². The molecule has 1 saturated heterocycles. The number of imide groups is 1.